The maximum Gasteiger partial charge on any atom is 0.0110 e. The molecule has 0 amide bonds. The Kier molecular flexibility index (Phi) is 5.02. The van der Waals surface area contributed by atoms with Gasteiger partial charge in [0.15, 0.2) is 0 Å². The normalized spacial score (nSPS) is 37.5. The summed E-state index contributed by atoms with van der Waals surface area (Å²) in [5.74, 6) is 2.27. The molecule has 0 aromatic rings. The molecule has 1 aliphatic heterocycles. The Bertz CT molecular complexity index is 258. The van der Waals surface area contributed by atoms with Gasteiger partial charge in [0, 0.05) is 11.0 Å². The number of rotatable bonds is 4. The lowest BCUT2D eigenvalue weighted by atomic mass is 9.80. The lowest BCUT2D eigenvalue weighted by Gasteiger charge is -2.30. The van der Waals surface area contributed by atoms with Gasteiger partial charge in [0.25, 0.3) is 0 Å². The Hall–Kier alpha value is 0.0900. The van der Waals surface area contributed by atoms with E-state index in [0.29, 0.717) is 5.41 Å². The van der Waals surface area contributed by atoms with Crippen LogP contribution < -0.4 is 0 Å². The van der Waals surface area contributed by atoms with Gasteiger partial charge in [-0.25, -0.2) is 0 Å². The van der Waals surface area contributed by atoms with Gasteiger partial charge in [-0.1, -0.05) is 51.7 Å². The first-order valence-corrected chi connectivity index (χ1v) is 8.65. The summed E-state index contributed by atoms with van der Waals surface area (Å²) in [7, 11) is 0. The summed E-state index contributed by atoms with van der Waals surface area (Å²) in [4.78, 5) is 0. The van der Waals surface area contributed by atoms with Crippen LogP contribution in [0.3, 0.4) is 0 Å². The number of thioether (sulfide) groups is 1. The molecule has 0 spiro atoms. The van der Waals surface area contributed by atoms with Crippen LogP contribution in [0.25, 0.3) is 0 Å². The summed E-state index contributed by atoms with van der Waals surface area (Å²) in [5, 5.41) is 0.940. The van der Waals surface area contributed by atoms with Crippen molar-refractivity contribution in [3.63, 3.8) is 0 Å². The Labute approximate surface area is 112 Å². The third-order valence-corrected chi connectivity index (χ3v) is 6.52. The second kappa shape index (κ2) is 6.31. The first-order valence-electron chi connectivity index (χ1n) is 7.60. The smallest absolute Gasteiger partial charge is 0.0110 e. The molecule has 0 aromatic heterocycles. The molecule has 0 bridgehead atoms. The summed E-state index contributed by atoms with van der Waals surface area (Å²) < 4.78 is 0. The van der Waals surface area contributed by atoms with E-state index in [1.54, 1.807) is 0 Å². The van der Waals surface area contributed by atoms with Crippen molar-refractivity contribution in [1.29, 1.82) is 0 Å². The predicted octanol–water partition coefficient (Wildman–Crippen LogP) is 5.43. The summed E-state index contributed by atoms with van der Waals surface area (Å²) in [6.45, 7) is 4.70. The van der Waals surface area contributed by atoms with E-state index in [2.05, 4.69) is 37.8 Å². The summed E-state index contributed by atoms with van der Waals surface area (Å²) in [6, 6.07) is 0. The molecule has 2 rings (SSSR count). The van der Waals surface area contributed by atoms with Crippen molar-refractivity contribution < 1.29 is 0 Å². The highest BCUT2D eigenvalue weighted by atomic mass is 32.2. The molecule has 1 aliphatic carbocycles. The molecule has 3 atom stereocenters. The van der Waals surface area contributed by atoms with E-state index in [1.807, 2.05) is 0 Å². The minimum atomic E-state index is 0.526. The van der Waals surface area contributed by atoms with Gasteiger partial charge in [-0.3, -0.25) is 0 Å². The molecule has 0 saturated heterocycles. The highest BCUT2D eigenvalue weighted by Crippen LogP contribution is 2.44. The Balaban J connectivity index is 2.04. The van der Waals surface area contributed by atoms with Crippen molar-refractivity contribution in [2.75, 3.05) is 5.75 Å². The van der Waals surface area contributed by atoms with Crippen LogP contribution >= 0.6 is 11.8 Å². The predicted molar refractivity (Wildman–Crippen MR) is 79.6 cm³/mol. The van der Waals surface area contributed by atoms with Gasteiger partial charge >= 0.3 is 0 Å². The second-order valence-corrected chi connectivity index (χ2v) is 7.20. The van der Waals surface area contributed by atoms with Gasteiger partial charge in [-0.15, -0.1) is 0 Å². The third-order valence-electron chi connectivity index (χ3n) is 4.77. The monoisotopic (exact) mass is 252 g/mol. The highest BCUT2D eigenvalue weighted by molar-refractivity contribution is 7.99. The molecule has 1 heteroatoms. The maximum atomic E-state index is 2.62. The molecule has 1 heterocycles. The zero-order valence-electron chi connectivity index (χ0n) is 11.6. The molecule has 1 saturated carbocycles. The lowest BCUT2D eigenvalue weighted by molar-refractivity contribution is 0.371. The molecule has 98 valence electrons. The van der Waals surface area contributed by atoms with Gasteiger partial charge < -0.3 is 0 Å². The average molecular weight is 252 g/mol. The number of allylic oxidation sites excluding steroid dienone is 2. The van der Waals surface area contributed by atoms with E-state index in [1.165, 1.54) is 57.1 Å². The summed E-state index contributed by atoms with van der Waals surface area (Å²) in [5.41, 5.74) is 0.526. The van der Waals surface area contributed by atoms with Crippen molar-refractivity contribution >= 4 is 11.8 Å². The van der Waals surface area contributed by atoms with Gasteiger partial charge in [0.1, 0.15) is 0 Å². The number of unbranched alkanes of at least 4 members (excludes halogenated alkanes) is 1. The fourth-order valence-corrected chi connectivity index (χ4v) is 5.08. The first-order chi connectivity index (χ1) is 8.29. The second-order valence-electron chi connectivity index (χ2n) is 5.98. The summed E-state index contributed by atoms with van der Waals surface area (Å²) >= 11 is 2.29. The molecular formula is C16H28S. The number of hydrogen-bond donors (Lipinski definition) is 0. The van der Waals surface area contributed by atoms with E-state index in [-0.39, 0.29) is 0 Å². The van der Waals surface area contributed by atoms with Crippen LogP contribution in [0.2, 0.25) is 0 Å². The number of hydrogen-bond acceptors (Lipinski definition) is 1. The summed E-state index contributed by atoms with van der Waals surface area (Å²) in [6.07, 6.45) is 16.5. The van der Waals surface area contributed by atoms with E-state index < -0.39 is 0 Å². The first kappa shape index (κ1) is 13.5. The van der Waals surface area contributed by atoms with E-state index in [4.69, 9.17) is 0 Å². The average Bonchev–Trinajstić information content (AvgIpc) is 2.57. The molecule has 3 unspecified atom stereocenters. The van der Waals surface area contributed by atoms with Crippen LogP contribution in [0.5, 0.6) is 0 Å². The molecule has 2 aliphatic rings. The maximum absolute atomic E-state index is 2.62. The van der Waals surface area contributed by atoms with E-state index in [0.717, 1.165) is 11.2 Å². The van der Waals surface area contributed by atoms with Gasteiger partial charge in [0.05, 0.1) is 0 Å². The SMILES string of the molecule is CCCCC1(CC)C=CC2CCCCC2SC1. The molecular weight excluding hydrogens is 224 g/mol. The zero-order chi connectivity index (χ0) is 12.1. The lowest BCUT2D eigenvalue weighted by Crippen LogP contribution is -2.22. The van der Waals surface area contributed by atoms with Crippen LogP contribution in [0.15, 0.2) is 12.2 Å². The van der Waals surface area contributed by atoms with E-state index >= 15 is 0 Å². The fourth-order valence-electron chi connectivity index (χ4n) is 3.28. The van der Waals surface area contributed by atoms with Crippen molar-refractivity contribution in [3.8, 4) is 0 Å². The fraction of sp³-hybridized carbons (Fsp3) is 0.875. The van der Waals surface area contributed by atoms with Crippen molar-refractivity contribution in [3.05, 3.63) is 12.2 Å². The molecule has 17 heavy (non-hydrogen) atoms. The number of fused-ring (bicyclic) bond motifs is 1. The largest absolute Gasteiger partial charge is 0.157 e. The van der Waals surface area contributed by atoms with Crippen LogP contribution in [-0.4, -0.2) is 11.0 Å². The minimum Gasteiger partial charge on any atom is -0.157 e. The molecule has 0 radical (unpaired) electrons. The van der Waals surface area contributed by atoms with Crippen LogP contribution in [0, 0.1) is 11.3 Å². The van der Waals surface area contributed by atoms with Crippen molar-refractivity contribution in [2.24, 2.45) is 11.3 Å². The molecule has 0 nitrogen and oxygen atoms in total. The quantitative estimate of drug-likeness (QED) is 0.601. The molecule has 0 N–H and O–H groups in total. The molecule has 1 fully saturated rings. The van der Waals surface area contributed by atoms with Gasteiger partial charge in [-0.05, 0) is 37.0 Å². The Morgan fingerprint density at radius 2 is 2.06 bits per heavy atom. The van der Waals surface area contributed by atoms with E-state index in [9.17, 15) is 0 Å². The minimum absolute atomic E-state index is 0.526. The third kappa shape index (κ3) is 3.30. The topological polar surface area (TPSA) is 0 Å². The standard InChI is InChI=1S/C16H28S/c1-3-5-11-16(4-2)12-10-14-8-6-7-9-15(14)17-13-16/h10,12,14-15H,3-9,11,13H2,1-2H3. The molecule has 0 aromatic carbocycles. The van der Waals surface area contributed by atoms with Crippen LogP contribution in [0.1, 0.15) is 65.2 Å². The van der Waals surface area contributed by atoms with Crippen LogP contribution in [-0.2, 0) is 0 Å². The highest BCUT2D eigenvalue weighted by Gasteiger charge is 2.32. The Morgan fingerprint density at radius 3 is 2.82 bits per heavy atom. The van der Waals surface area contributed by atoms with Gasteiger partial charge in [0.2, 0.25) is 0 Å². The zero-order valence-corrected chi connectivity index (χ0v) is 12.4. The van der Waals surface area contributed by atoms with Crippen molar-refractivity contribution in [2.45, 2.75) is 70.5 Å². The van der Waals surface area contributed by atoms with Crippen LogP contribution in [0.4, 0.5) is 0 Å². The Morgan fingerprint density at radius 1 is 1.24 bits per heavy atom. The van der Waals surface area contributed by atoms with Gasteiger partial charge in [-0.2, -0.15) is 11.8 Å². The van der Waals surface area contributed by atoms with Crippen molar-refractivity contribution in [1.82, 2.24) is 0 Å².